The zero-order chi connectivity index (χ0) is 37.6. The molecule has 52 heavy (non-hydrogen) atoms. The molecule has 13 nitrogen and oxygen atoms in total. The molecule has 3 aliphatic rings. The fourth-order valence-electron chi connectivity index (χ4n) is 7.87. The fourth-order valence-corrected chi connectivity index (χ4v) is 7.87. The van der Waals surface area contributed by atoms with Crippen LogP contribution in [-0.2, 0) is 9.57 Å². The Hall–Kier alpha value is -4.46. The van der Waals surface area contributed by atoms with E-state index in [4.69, 9.17) is 24.2 Å². The molecule has 0 aromatic heterocycles. The van der Waals surface area contributed by atoms with Gasteiger partial charge in [-0.15, -0.1) is 6.58 Å². The van der Waals surface area contributed by atoms with Crippen molar-refractivity contribution >= 4 is 17.5 Å². The molecular formula is C39H51N3O10. The standard InChI is InChI=1S/C39H51N3O10/c1-6-21-49-39-34(41(5)37(46)50-28-16-13-26(14-17-28)42(47)48)24-32(40-52-38(2,3)4)30-22-25(11-7-9-19-43)29(12-8-10-20-44)35(36(30)39)31-23-27(45)15-18-33(31)51-39/h6,13-18,22-23,25,29,34-36,43-45H,1,7-12,19-21,24H2,2-5H3/t25-,29+,34-,35+,36+,39+/m0/s1. The van der Waals surface area contributed by atoms with Gasteiger partial charge in [-0.05, 0) is 94.2 Å². The highest BCUT2D eigenvalue weighted by Crippen LogP contribution is 2.61. The third kappa shape index (κ3) is 8.27. The highest BCUT2D eigenvalue weighted by atomic mass is 16.7. The van der Waals surface area contributed by atoms with Crippen LogP contribution in [0.1, 0.15) is 77.2 Å². The minimum Gasteiger partial charge on any atom is -0.508 e. The van der Waals surface area contributed by atoms with Crippen LogP contribution >= 0.6 is 0 Å². The Balaban J connectivity index is 1.70. The van der Waals surface area contributed by atoms with Crippen LogP contribution in [0, 0.1) is 27.9 Å². The molecule has 0 saturated heterocycles. The van der Waals surface area contributed by atoms with Crippen LogP contribution in [0.5, 0.6) is 17.2 Å². The smallest absolute Gasteiger partial charge is 0.415 e. The van der Waals surface area contributed by atoms with Crippen molar-refractivity contribution in [1.29, 1.82) is 0 Å². The van der Waals surface area contributed by atoms with Crippen LogP contribution in [0.2, 0.25) is 0 Å². The van der Waals surface area contributed by atoms with Crippen molar-refractivity contribution in [2.45, 2.75) is 89.1 Å². The van der Waals surface area contributed by atoms with Gasteiger partial charge in [0.15, 0.2) is 0 Å². The summed E-state index contributed by atoms with van der Waals surface area (Å²) in [6.07, 6.45) is 7.69. The van der Waals surface area contributed by atoms with Crippen molar-refractivity contribution in [2.24, 2.45) is 22.9 Å². The predicted octanol–water partition coefficient (Wildman–Crippen LogP) is 6.86. The summed E-state index contributed by atoms with van der Waals surface area (Å²) >= 11 is 0. The van der Waals surface area contributed by atoms with E-state index in [1.54, 1.807) is 31.3 Å². The number of fused-ring (bicyclic) bond motifs is 2. The maximum Gasteiger partial charge on any atom is 0.415 e. The number of aromatic hydroxyl groups is 1. The Kier molecular flexibility index (Phi) is 12.3. The van der Waals surface area contributed by atoms with Crippen LogP contribution in [0.25, 0.3) is 0 Å². The number of benzene rings is 2. The number of ether oxygens (including phenoxy) is 3. The molecule has 1 amide bonds. The molecule has 6 atom stereocenters. The van der Waals surface area contributed by atoms with Gasteiger partial charge in [-0.1, -0.05) is 30.1 Å². The molecule has 5 rings (SSSR count). The molecular weight excluding hydrogens is 670 g/mol. The number of nitrogens with zero attached hydrogens (tertiary/aromatic N) is 3. The zero-order valence-electron chi connectivity index (χ0n) is 30.4. The number of likely N-dealkylation sites (N-methyl/N-ethyl adjacent to an activating group) is 1. The number of non-ortho nitro benzene ring substituents is 1. The first kappa shape index (κ1) is 38.8. The Labute approximate surface area is 304 Å². The molecule has 0 spiro atoms. The normalized spacial score (nSPS) is 25.6. The molecule has 2 aliphatic carbocycles. The van der Waals surface area contributed by atoms with E-state index in [9.17, 15) is 30.2 Å². The number of hydrogen-bond donors (Lipinski definition) is 3. The number of phenols is 1. The molecule has 3 N–H and O–H groups in total. The van der Waals surface area contributed by atoms with E-state index in [-0.39, 0.29) is 61.2 Å². The summed E-state index contributed by atoms with van der Waals surface area (Å²) in [5, 5.41) is 46.2. The van der Waals surface area contributed by atoms with Crippen molar-refractivity contribution in [3.05, 3.63) is 82.4 Å². The van der Waals surface area contributed by atoms with E-state index in [1.807, 2.05) is 20.8 Å². The molecule has 1 aliphatic heterocycles. The van der Waals surface area contributed by atoms with E-state index < -0.39 is 34.4 Å². The molecule has 282 valence electrons. The highest BCUT2D eigenvalue weighted by Gasteiger charge is 2.65. The Bertz CT molecular complexity index is 1650. The number of oxime groups is 1. The Morgan fingerprint density at radius 2 is 1.81 bits per heavy atom. The van der Waals surface area contributed by atoms with Crippen molar-refractivity contribution in [2.75, 3.05) is 26.9 Å². The van der Waals surface area contributed by atoms with Crippen molar-refractivity contribution < 1.29 is 44.1 Å². The number of allylic oxidation sites excluding steroid dienone is 1. The highest BCUT2D eigenvalue weighted by molar-refractivity contribution is 6.03. The number of carbonyl (C=O) groups is 1. The lowest BCUT2D eigenvalue weighted by atomic mass is 9.55. The van der Waals surface area contributed by atoms with Gasteiger partial charge in [0.25, 0.3) is 5.69 Å². The second-order valence-electron chi connectivity index (χ2n) is 14.7. The van der Waals surface area contributed by atoms with Gasteiger partial charge >= 0.3 is 6.09 Å². The van der Waals surface area contributed by atoms with Gasteiger partial charge < -0.3 is 39.3 Å². The lowest BCUT2D eigenvalue weighted by Gasteiger charge is -2.59. The van der Waals surface area contributed by atoms with Crippen LogP contribution < -0.4 is 9.47 Å². The molecule has 13 heteroatoms. The van der Waals surface area contributed by atoms with Crippen molar-refractivity contribution in [3.8, 4) is 17.2 Å². The summed E-state index contributed by atoms with van der Waals surface area (Å²) in [7, 11) is 1.60. The first-order valence-electron chi connectivity index (χ1n) is 18.0. The number of aliphatic hydroxyl groups excluding tert-OH is 2. The summed E-state index contributed by atoms with van der Waals surface area (Å²) in [6, 6.07) is 9.46. The maximum atomic E-state index is 14.0. The Morgan fingerprint density at radius 3 is 2.44 bits per heavy atom. The van der Waals surface area contributed by atoms with E-state index >= 15 is 0 Å². The first-order chi connectivity index (χ1) is 24.8. The number of aliphatic hydroxyl groups is 2. The molecule has 0 unspecified atom stereocenters. The number of nitro groups is 1. The van der Waals surface area contributed by atoms with Crippen molar-refractivity contribution in [3.63, 3.8) is 0 Å². The van der Waals surface area contributed by atoms with Crippen LogP contribution in [0.3, 0.4) is 0 Å². The number of nitro benzene ring substituents is 1. The van der Waals surface area contributed by atoms with Gasteiger partial charge in [0.1, 0.15) is 28.9 Å². The number of rotatable bonds is 15. The largest absolute Gasteiger partial charge is 0.508 e. The van der Waals surface area contributed by atoms with Crippen LogP contribution in [-0.4, -0.2) is 81.2 Å². The minimum atomic E-state index is -1.48. The molecule has 2 aromatic rings. The number of amides is 1. The van der Waals surface area contributed by atoms with E-state index in [1.165, 1.54) is 29.2 Å². The zero-order valence-corrected chi connectivity index (χ0v) is 30.4. The Morgan fingerprint density at radius 1 is 1.12 bits per heavy atom. The van der Waals surface area contributed by atoms with Gasteiger partial charge in [0.2, 0.25) is 5.79 Å². The fraction of sp³-hybridized carbons (Fsp3) is 0.538. The number of hydrogen-bond acceptors (Lipinski definition) is 11. The average molecular weight is 722 g/mol. The van der Waals surface area contributed by atoms with Crippen molar-refractivity contribution in [1.82, 2.24) is 4.90 Å². The number of carbonyl (C=O) groups excluding carboxylic acids is 1. The third-order valence-electron chi connectivity index (χ3n) is 10.1. The molecule has 2 aromatic carbocycles. The summed E-state index contributed by atoms with van der Waals surface area (Å²) < 4.78 is 19.5. The topological polar surface area (TPSA) is 173 Å². The number of unbranched alkanes of at least 4 members (excludes halogenated alkanes) is 2. The molecule has 1 fully saturated rings. The van der Waals surface area contributed by atoms with Gasteiger partial charge in [0.05, 0.1) is 23.2 Å². The van der Waals surface area contributed by atoms with Crippen LogP contribution in [0.4, 0.5) is 10.5 Å². The summed E-state index contributed by atoms with van der Waals surface area (Å²) in [4.78, 5) is 32.2. The summed E-state index contributed by atoms with van der Waals surface area (Å²) in [5.74, 6) is -1.51. The van der Waals surface area contributed by atoms with Gasteiger partial charge in [-0.2, -0.15) is 0 Å². The molecule has 0 radical (unpaired) electrons. The second kappa shape index (κ2) is 16.5. The quantitative estimate of drug-likeness (QED) is 0.0763. The second-order valence-corrected chi connectivity index (χ2v) is 14.7. The predicted molar refractivity (Wildman–Crippen MR) is 194 cm³/mol. The lowest BCUT2D eigenvalue weighted by molar-refractivity contribution is -0.384. The van der Waals surface area contributed by atoms with Gasteiger partial charge in [0, 0.05) is 50.3 Å². The summed E-state index contributed by atoms with van der Waals surface area (Å²) in [5.41, 5.74) is 1.54. The molecule has 1 heterocycles. The SMILES string of the molecule is C=CCO[C@@]12Oc3ccc(O)cc3[C@H]3[C@H](CCCCO)[C@@H](CCCCO)C=C(C(=NOC(C)(C)C)C[C@@H]1N(C)C(=O)Oc1ccc([N+](=O)[O-])cc1)[C@H]32. The summed E-state index contributed by atoms with van der Waals surface area (Å²) in [6.45, 7) is 9.85. The third-order valence-corrected chi connectivity index (χ3v) is 10.1. The first-order valence-corrected chi connectivity index (χ1v) is 18.0. The van der Waals surface area contributed by atoms with E-state index in [2.05, 4.69) is 12.7 Å². The van der Waals surface area contributed by atoms with Crippen LogP contribution in [0.15, 0.2) is 71.9 Å². The number of phenolic OH excluding ortho intramolecular Hbond substituents is 1. The molecule has 0 bridgehead atoms. The maximum absolute atomic E-state index is 14.0. The molecule has 1 saturated carbocycles. The van der Waals surface area contributed by atoms with Gasteiger partial charge in [-0.25, -0.2) is 4.79 Å². The monoisotopic (exact) mass is 721 g/mol. The van der Waals surface area contributed by atoms with E-state index in [0.29, 0.717) is 24.3 Å². The average Bonchev–Trinajstić information content (AvgIpc) is 3.11. The van der Waals surface area contributed by atoms with E-state index in [0.717, 1.165) is 36.8 Å². The van der Waals surface area contributed by atoms with Gasteiger partial charge in [-0.3, -0.25) is 10.1 Å². The lowest BCUT2D eigenvalue weighted by Crippen LogP contribution is -2.69. The minimum absolute atomic E-state index is 0.0102.